The van der Waals surface area contributed by atoms with Crippen molar-refractivity contribution in [1.29, 1.82) is 0 Å². The van der Waals surface area contributed by atoms with Crippen LogP contribution in [0.1, 0.15) is 25.2 Å². The SMILES string of the molecule is CCNCc1coc(COc2cnn(CC)c2)c1. The Morgan fingerprint density at radius 1 is 1.44 bits per heavy atom. The lowest BCUT2D eigenvalue weighted by atomic mass is 10.3. The molecular formula is C13H19N3O2. The minimum atomic E-state index is 0.432. The molecule has 0 aliphatic carbocycles. The van der Waals surface area contributed by atoms with E-state index in [1.54, 1.807) is 12.5 Å². The molecule has 1 N–H and O–H groups in total. The van der Waals surface area contributed by atoms with Gasteiger partial charge in [-0.2, -0.15) is 5.10 Å². The van der Waals surface area contributed by atoms with Gasteiger partial charge in [0.05, 0.1) is 18.7 Å². The van der Waals surface area contributed by atoms with Crippen molar-refractivity contribution in [1.82, 2.24) is 15.1 Å². The molecule has 0 fully saturated rings. The number of nitrogens with zero attached hydrogens (tertiary/aromatic N) is 2. The second-order valence-electron chi connectivity index (χ2n) is 4.02. The highest BCUT2D eigenvalue weighted by molar-refractivity contribution is 5.15. The molecule has 0 spiro atoms. The van der Waals surface area contributed by atoms with Crippen molar-refractivity contribution in [2.75, 3.05) is 6.54 Å². The summed E-state index contributed by atoms with van der Waals surface area (Å²) < 4.78 is 12.8. The number of ether oxygens (including phenoxy) is 1. The second kappa shape index (κ2) is 6.26. The van der Waals surface area contributed by atoms with E-state index in [0.29, 0.717) is 6.61 Å². The molecule has 2 aromatic rings. The first-order chi connectivity index (χ1) is 8.81. The Morgan fingerprint density at radius 2 is 2.33 bits per heavy atom. The number of aromatic nitrogens is 2. The largest absolute Gasteiger partial charge is 0.482 e. The Labute approximate surface area is 107 Å². The maximum atomic E-state index is 5.59. The monoisotopic (exact) mass is 249 g/mol. The summed E-state index contributed by atoms with van der Waals surface area (Å²) in [4.78, 5) is 0. The standard InChI is InChI=1S/C13H19N3O2/c1-3-14-6-11-5-12(17-9-11)10-18-13-7-15-16(4-2)8-13/h5,7-9,14H,3-4,6,10H2,1-2H3. The Balaban J connectivity index is 1.84. The van der Waals surface area contributed by atoms with Crippen molar-refractivity contribution >= 4 is 0 Å². The van der Waals surface area contributed by atoms with Gasteiger partial charge in [-0.15, -0.1) is 0 Å². The van der Waals surface area contributed by atoms with E-state index in [0.717, 1.165) is 36.7 Å². The van der Waals surface area contributed by atoms with Crippen LogP contribution < -0.4 is 10.1 Å². The lowest BCUT2D eigenvalue weighted by Crippen LogP contribution is -2.10. The summed E-state index contributed by atoms with van der Waals surface area (Å²) in [6.45, 7) is 7.17. The third kappa shape index (κ3) is 3.37. The molecule has 0 unspecified atom stereocenters. The summed E-state index contributed by atoms with van der Waals surface area (Å²) in [5, 5.41) is 7.39. The summed E-state index contributed by atoms with van der Waals surface area (Å²) in [5.41, 5.74) is 1.14. The predicted molar refractivity (Wildman–Crippen MR) is 68.3 cm³/mol. The van der Waals surface area contributed by atoms with Crippen LogP contribution in [0.3, 0.4) is 0 Å². The van der Waals surface area contributed by atoms with Crippen molar-refractivity contribution in [2.45, 2.75) is 33.5 Å². The molecule has 0 radical (unpaired) electrons. The van der Waals surface area contributed by atoms with Crippen LogP contribution in [0.4, 0.5) is 0 Å². The maximum Gasteiger partial charge on any atom is 0.157 e. The Kier molecular flexibility index (Phi) is 4.41. The van der Waals surface area contributed by atoms with Crippen molar-refractivity contribution in [3.8, 4) is 5.75 Å². The number of aryl methyl sites for hydroxylation is 1. The van der Waals surface area contributed by atoms with E-state index >= 15 is 0 Å². The van der Waals surface area contributed by atoms with Gasteiger partial charge in [0.2, 0.25) is 0 Å². The average Bonchev–Trinajstić information content (AvgIpc) is 3.03. The van der Waals surface area contributed by atoms with Gasteiger partial charge in [-0.25, -0.2) is 0 Å². The van der Waals surface area contributed by atoms with Gasteiger partial charge in [0.15, 0.2) is 5.75 Å². The van der Waals surface area contributed by atoms with Crippen LogP contribution in [0.15, 0.2) is 29.1 Å². The molecule has 2 aromatic heterocycles. The number of furan rings is 1. The first-order valence-corrected chi connectivity index (χ1v) is 6.24. The number of nitrogens with one attached hydrogen (secondary N) is 1. The zero-order valence-corrected chi connectivity index (χ0v) is 10.8. The van der Waals surface area contributed by atoms with Gasteiger partial charge in [-0.05, 0) is 19.5 Å². The quantitative estimate of drug-likeness (QED) is 0.817. The first kappa shape index (κ1) is 12.7. The zero-order valence-electron chi connectivity index (χ0n) is 10.8. The molecule has 0 aliphatic heterocycles. The van der Waals surface area contributed by atoms with Gasteiger partial charge in [-0.1, -0.05) is 6.92 Å². The van der Waals surface area contributed by atoms with E-state index < -0.39 is 0 Å². The lowest BCUT2D eigenvalue weighted by molar-refractivity contribution is 0.270. The molecule has 5 heteroatoms. The Hall–Kier alpha value is -1.75. The molecule has 5 nitrogen and oxygen atoms in total. The highest BCUT2D eigenvalue weighted by atomic mass is 16.5. The van der Waals surface area contributed by atoms with Crippen LogP contribution in [0.25, 0.3) is 0 Å². The Bertz CT molecular complexity index is 476. The van der Waals surface area contributed by atoms with E-state index in [1.807, 2.05) is 23.9 Å². The fourth-order valence-electron chi connectivity index (χ4n) is 1.61. The average molecular weight is 249 g/mol. The van der Waals surface area contributed by atoms with E-state index in [1.165, 1.54) is 0 Å². The lowest BCUT2D eigenvalue weighted by Gasteiger charge is -1.99. The summed E-state index contributed by atoms with van der Waals surface area (Å²) in [7, 11) is 0. The van der Waals surface area contributed by atoms with Crippen LogP contribution in [0, 0.1) is 0 Å². The van der Waals surface area contributed by atoms with Gasteiger partial charge in [0.1, 0.15) is 12.4 Å². The maximum absolute atomic E-state index is 5.59. The molecule has 2 heterocycles. The molecule has 0 saturated heterocycles. The van der Waals surface area contributed by atoms with Crippen LogP contribution in [-0.4, -0.2) is 16.3 Å². The molecule has 0 bridgehead atoms. The van der Waals surface area contributed by atoms with E-state index in [9.17, 15) is 0 Å². The number of rotatable bonds is 7. The fourth-order valence-corrected chi connectivity index (χ4v) is 1.61. The van der Waals surface area contributed by atoms with E-state index in [-0.39, 0.29) is 0 Å². The smallest absolute Gasteiger partial charge is 0.157 e. The molecule has 98 valence electrons. The van der Waals surface area contributed by atoms with Crippen LogP contribution in [0.5, 0.6) is 5.75 Å². The van der Waals surface area contributed by atoms with Crippen molar-refractivity contribution in [3.05, 3.63) is 36.0 Å². The van der Waals surface area contributed by atoms with Gasteiger partial charge in [0.25, 0.3) is 0 Å². The van der Waals surface area contributed by atoms with Gasteiger partial charge >= 0.3 is 0 Å². The van der Waals surface area contributed by atoms with Crippen molar-refractivity contribution in [3.63, 3.8) is 0 Å². The highest BCUT2D eigenvalue weighted by Gasteiger charge is 2.04. The summed E-state index contributed by atoms with van der Waals surface area (Å²) >= 11 is 0. The Morgan fingerprint density at radius 3 is 3.06 bits per heavy atom. The van der Waals surface area contributed by atoms with Crippen molar-refractivity contribution in [2.24, 2.45) is 0 Å². The second-order valence-corrected chi connectivity index (χ2v) is 4.02. The van der Waals surface area contributed by atoms with Crippen molar-refractivity contribution < 1.29 is 9.15 Å². The van der Waals surface area contributed by atoms with Crippen LogP contribution in [-0.2, 0) is 19.7 Å². The molecule has 0 aromatic carbocycles. The molecular weight excluding hydrogens is 230 g/mol. The summed E-state index contributed by atoms with van der Waals surface area (Å²) in [6.07, 6.45) is 5.35. The minimum absolute atomic E-state index is 0.432. The molecule has 0 atom stereocenters. The highest BCUT2D eigenvalue weighted by Crippen LogP contribution is 2.13. The normalized spacial score (nSPS) is 10.8. The molecule has 0 amide bonds. The topological polar surface area (TPSA) is 52.2 Å². The fraction of sp³-hybridized carbons (Fsp3) is 0.462. The van der Waals surface area contributed by atoms with E-state index in [4.69, 9.17) is 9.15 Å². The summed E-state index contributed by atoms with van der Waals surface area (Å²) in [5.74, 6) is 1.59. The summed E-state index contributed by atoms with van der Waals surface area (Å²) in [6, 6.07) is 2.01. The predicted octanol–water partition coefficient (Wildman–Crippen LogP) is 2.18. The molecule has 0 aliphatic rings. The first-order valence-electron chi connectivity index (χ1n) is 6.24. The van der Waals surface area contributed by atoms with E-state index in [2.05, 4.69) is 17.3 Å². The van der Waals surface area contributed by atoms with Gasteiger partial charge < -0.3 is 14.5 Å². The van der Waals surface area contributed by atoms with Crippen LogP contribution in [0.2, 0.25) is 0 Å². The minimum Gasteiger partial charge on any atom is -0.482 e. The number of hydrogen-bond donors (Lipinski definition) is 1. The molecule has 2 rings (SSSR count). The van der Waals surface area contributed by atoms with Gasteiger partial charge in [0, 0.05) is 18.7 Å². The number of hydrogen-bond acceptors (Lipinski definition) is 4. The third-order valence-corrected chi connectivity index (χ3v) is 2.60. The zero-order chi connectivity index (χ0) is 12.8. The third-order valence-electron chi connectivity index (χ3n) is 2.60. The molecule has 0 saturated carbocycles. The van der Waals surface area contributed by atoms with Crippen LogP contribution >= 0.6 is 0 Å². The molecule has 18 heavy (non-hydrogen) atoms. The van der Waals surface area contributed by atoms with Gasteiger partial charge in [-0.3, -0.25) is 4.68 Å².